The highest BCUT2D eigenvalue weighted by Gasteiger charge is 2.48. The van der Waals surface area contributed by atoms with Gasteiger partial charge in [-0.1, -0.05) is 46.3 Å². The lowest BCUT2D eigenvalue weighted by atomic mass is 9.99. The Kier molecular flexibility index (Phi) is 5.77. The van der Waals surface area contributed by atoms with Crippen LogP contribution in [0.1, 0.15) is 17.4 Å². The summed E-state index contributed by atoms with van der Waals surface area (Å²) in [5, 5.41) is 14.3. The van der Waals surface area contributed by atoms with E-state index in [1.807, 2.05) is 42.5 Å². The van der Waals surface area contributed by atoms with Crippen LogP contribution in [0.15, 0.2) is 112 Å². The van der Waals surface area contributed by atoms with Gasteiger partial charge in [-0.25, -0.2) is 0 Å². The van der Waals surface area contributed by atoms with Crippen molar-refractivity contribution in [2.45, 2.75) is 6.04 Å². The molecule has 1 saturated heterocycles. The van der Waals surface area contributed by atoms with Gasteiger partial charge in [0.05, 0.1) is 11.8 Å². The van der Waals surface area contributed by atoms with Crippen LogP contribution >= 0.6 is 15.9 Å². The van der Waals surface area contributed by atoms with Crippen molar-refractivity contribution in [3.05, 3.63) is 119 Å². The maximum Gasteiger partial charge on any atom is 0.300 e. The van der Waals surface area contributed by atoms with Gasteiger partial charge in [-0.2, -0.15) is 0 Å². The zero-order valence-corrected chi connectivity index (χ0v) is 19.4. The minimum Gasteiger partial charge on any atom is -0.507 e. The molecule has 0 spiro atoms. The predicted molar refractivity (Wildman–Crippen MR) is 134 cm³/mol. The number of nitrogens with zero attached hydrogens (tertiary/aromatic N) is 1. The Morgan fingerprint density at radius 2 is 1.53 bits per heavy atom. The van der Waals surface area contributed by atoms with Crippen LogP contribution < -0.4 is 10.2 Å². The summed E-state index contributed by atoms with van der Waals surface area (Å²) >= 11 is 3.36. The van der Waals surface area contributed by atoms with E-state index in [0.717, 1.165) is 15.8 Å². The number of aliphatic hydroxyl groups excluding tert-OH is 1. The van der Waals surface area contributed by atoms with E-state index < -0.39 is 17.7 Å². The largest absolute Gasteiger partial charge is 0.507 e. The number of anilines is 3. The summed E-state index contributed by atoms with van der Waals surface area (Å²) in [5.74, 6) is -1.38. The number of hydrogen-bond donors (Lipinski definition) is 2. The van der Waals surface area contributed by atoms with Crippen molar-refractivity contribution in [3.63, 3.8) is 0 Å². The van der Waals surface area contributed by atoms with Crippen LogP contribution in [-0.4, -0.2) is 16.8 Å². The van der Waals surface area contributed by atoms with Crippen LogP contribution in [-0.2, 0) is 9.59 Å². The van der Waals surface area contributed by atoms with Gasteiger partial charge in [0.2, 0.25) is 0 Å². The molecule has 3 aromatic carbocycles. The maximum absolute atomic E-state index is 13.2. The number of hydrogen-bond acceptors (Lipinski definition) is 5. The smallest absolute Gasteiger partial charge is 0.300 e. The molecule has 1 unspecified atom stereocenters. The minimum atomic E-state index is -0.897. The van der Waals surface area contributed by atoms with Gasteiger partial charge < -0.3 is 14.8 Å². The van der Waals surface area contributed by atoms with Crippen molar-refractivity contribution >= 4 is 50.4 Å². The molecule has 5 rings (SSSR count). The Balaban J connectivity index is 1.55. The third kappa shape index (κ3) is 4.02. The molecule has 2 N–H and O–H groups in total. The van der Waals surface area contributed by atoms with E-state index in [9.17, 15) is 14.7 Å². The van der Waals surface area contributed by atoms with Crippen LogP contribution in [0.5, 0.6) is 0 Å². The maximum atomic E-state index is 13.2. The standard InChI is InChI=1S/C27H19BrN2O4/c28-18-10-8-17(9-11-18)25(31)23-24(22-7-4-16-34-22)30(27(33)26(23)32)21-14-12-20(13-15-21)29-19-5-2-1-3-6-19/h1-16,24,29,31H/b25-23-. The molecular formula is C27H19BrN2O4. The molecule has 1 atom stereocenters. The van der Waals surface area contributed by atoms with Gasteiger partial charge in [-0.3, -0.25) is 14.5 Å². The third-order valence-corrected chi connectivity index (χ3v) is 6.11. The number of carbonyl (C=O) groups excluding carboxylic acids is 2. The summed E-state index contributed by atoms with van der Waals surface area (Å²) in [4.78, 5) is 27.6. The molecule has 0 bridgehead atoms. The van der Waals surface area contributed by atoms with Gasteiger partial charge >= 0.3 is 0 Å². The van der Waals surface area contributed by atoms with Crippen molar-refractivity contribution < 1.29 is 19.1 Å². The van der Waals surface area contributed by atoms with Crippen LogP contribution in [0.25, 0.3) is 5.76 Å². The van der Waals surface area contributed by atoms with E-state index in [1.54, 1.807) is 48.5 Å². The van der Waals surface area contributed by atoms with Gasteiger partial charge in [0, 0.05) is 27.1 Å². The van der Waals surface area contributed by atoms with Gasteiger partial charge in [0.1, 0.15) is 17.6 Å². The summed E-state index contributed by atoms with van der Waals surface area (Å²) in [6, 6.07) is 26.2. The number of amides is 1. The molecule has 1 amide bonds. The van der Waals surface area contributed by atoms with Gasteiger partial charge in [0.25, 0.3) is 11.7 Å². The average molecular weight is 515 g/mol. The number of halogens is 1. The Morgan fingerprint density at radius 1 is 0.853 bits per heavy atom. The monoisotopic (exact) mass is 514 g/mol. The topological polar surface area (TPSA) is 82.8 Å². The lowest BCUT2D eigenvalue weighted by Gasteiger charge is -2.23. The normalized spacial score (nSPS) is 17.2. The Morgan fingerprint density at radius 3 is 2.18 bits per heavy atom. The zero-order valence-electron chi connectivity index (χ0n) is 17.8. The van der Waals surface area contributed by atoms with Gasteiger partial charge in [-0.15, -0.1) is 0 Å². The summed E-state index contributed by atoms with van der Waals surface area (Å²) in [6.45, 7) is 0. The van der Waals surface area contributed by atoms with Crippen LogP contribution in [0.3, 0.4) is 0 Å². The number of furan rings is 1. The molecule has 0 saturated carbocycles. The first-order valence-corrected chi connectivity index (χ1v) is 11.3. The minimum absolute atomic E-state index is 0.0197. The molecule has 0 aliphatic carbocycles. The second-order valence-electron chi connectivity index (χ2n) is 7.73. The molecule has 1 fully saturated rings. The third-order valence-electron chi connectivity index (χ3n) is 5.58. The number of nitrogens with one attached hydrogen (secondary N) is 1. The Labute approximate surface area is 204 Å². The average Bonchev–Trinajstić information content (AvgIpc) is 3.47. The van der Waals surface area contributed by atoms with Crippen molar-refractivity contribution in [2.75, 3.05) is 10.2 Å². The molecule has 1 aliphatic heterocycles. The fourth-order valence-electron chi connectivity index (χ4n) is 3.97. The van der Waals surface area contributed by atoms with E-state index in [-0.39, 0.29) is 11.3 Å². The van der Waals surface area contributed by atoms with Crippen molar-refractivity contribution in [2.24, 2.45) is 0 Å². The SMILES string of the molecule is O=C1C(=O)N(c2ccc(Nc3ccccc3)cc2)C(c2ccco2)/C1=C(/O)c1ccc(Br)cc1. The lowest BCUT2D eigenvalue weighted by Crippen LogP contribution is -2.29. The first kappa shape index (κ1) is 21.7. The molecule has 7 heteroatoms. The highest BCUT2D eigenvalue weighted by molar-refractivity contribution is 9.10. The quantitative estimate of drug-likeness (QED) is 0.182. The number of benzene rings is 3. The van der Waals surface area contributed by atoms with Crippen molar-refractivity contribution in [3.8, 4) is 0 Å². The fraction of sp³-hybridized carbons (Fsp3) is 0.0370. The first-order chi connectivity index (χ1) is 16.5. The van der Waals surface area contributed by atoms with Crippen LogP contribution in [0, 0.1) is 0 Å². The lowest BCUT2D eigenvalue weighted by molar-refractivity contribution is -0.132. The number of para-hydroxylation sites is 1. The molecule has 1 aromatic heterocycles. The summed E-state index contributed by atoms with van der Waals surface area (Å²) in [7, 11) is 0. The highest BCUT2D eigenvalue weighted by Crippen LogP contribution is 2.42. The molecule has 0 radical (unpaired) electrons. The van der Waals surface area contributed by atoms with Crippen LogP contribution in [0.2, 0.25) is 0 Å². The molecule has 6 nitrogen and oxygen atoms in total. The zero-order chi connectivity index (χ0) is 23.7. The van der Waals surface area contributed by atoms with E-state index in [0.29, 0.717) is 17.0 Å². The molecule has 1 aliphatic rings. The predicted octanol–water partition coefficient (Wildman–Crippen LogP) is 6.41. The van der Waals surface area contributed by atoms with Crippen molar-refractivity contribution in [1.82, 2.24) is 0 Å². The summed E-state index contributed by atoms with van der Waals surface area (Å²) < 4.78 is 6.42. The second kappa shape index (κ2) is 9.03. The van der Waals surface area contributed by atoms with E-state index in [4.69, 9.17) is 4.42 Å². The van der Waals surface area contributed by atoms with E-state index in [1.165, 1.54) is 11.2 Å². The molecule has 168 valence electrons. The number of carbonyl (C=O) groups is 2. The first-order valence-electron chi connectivity index (χ1n) is 10.6. The van der Waals surface area contributed by atoms with E-state index >= 15 is 0 Å². The number of Topliss-reactive ketones (excluding diaryl/α,β-unsaturated/α-hetero) is 1. The molecule has 34 heavy (non-hydrogen) atoms. The summed E-state index contributed by atoms with van der Waals surface area (Å²) in [6.07, 6.45) is 1.47. The Hall–Kier alpha value is -4.10. The number of ketones is 1. The highest BCUT2D eigenvalue weighted by atomic mass is 79.9. The summed E-state index contributed by atoms with van der Waals surface area (Å²) in [5.41, 5.74) is 2.68. The Bertz CT molecular complexity index is 1360. The van der Waals surface area contributed by atoms with Gasteiger partial charge in [-0.05, 0) is 60.7 Å². The molecule has 2 heterocycles. The second-order valence-corrected chi connectivity index (χ2v) is 8.64. The van der Waals surface area contributed by atoms with Crippen molar-refractivity contribution in [1.29, 1.82) is 0 Å². The van der Waals surface area contributed by atoms with E-state index in [2.05, 4.69) is 21.2 Å². The fourth-order valence-corrected chi connectivity index (χ4v) is 4.24. The number of aliphatic hydroxyl groups is 1. The van der Waals surface area contributed by atoms with Crippen LogP contribution in [0.4, 0.5) is 17.1 Å². The molecular weight excluding hydrogens is 496 g/mol. The number of rotatable bonds is 5. The van der Waals surface area contributed by atoms with Gasteiger partial charge in [0.15, 0.2) is 0 Å². The molecule has 4 aromatic rings.